The van der Waals surface area contributed by atoms with Gasteiger partial charge in [0, 0.05) is 18.2 Å². The van der Waals surface area contributed by atoms with E-state index in [2.05, 4.69) is 15.6 Å². The van der Waals surface area contributed by atoms with Gasteiger partial charge in [-0.1, -0.05) is 24.3 Å². The van der Waals surface area contributed by atoms with Crippen LogP contribution >= 0.6 is 0 Å². The Morgan fingerprint density at radius 1 is 1.08 bits per heavy atom. The normalized spacial score (nSPS) is 11.4. The average Bonchev–Trinajstić information content (AvgIpc) is 2.67. The first-order chi connectivity index (χ1) is 12.2. The van der Waals surface area contributed by atoms with Gasteiger partial charge >= 0.3 is 0 Å². The standard InChI is InChI=1S/C19H21N3O3/c23-13-7-5-11-17(22-18(24)15-8-2-1-3-9-15)19(25)21-14-16-10-4-6-12-20-16/h1-4,6,8-10,12-13,17H,5,7,11,14H2,(H,21,25)(H,22,24)/t17-/m0/s1. The number of amides is 2. The Bertz CT molecular complexity index is 690. The molecule has 2 aromatic rings. The molecule has 0 fully saturated rings. The van der Waals surface area contributed by atoms with Crippen LogP contribution in [0, 0.1) is 0 Å². The molecule has 1 aromatic carbocycles. The highest BCUT2D eigenvalue weighted by molar-refractivity contribution is 5.97. The molecule has 0 bridgehead atoms. The maximum absolute atomic E-state index is 12.4. The van der Waals surface area contributed by atoms with E-state index in [-0.39, 0.29) is 18.4 Å². The molecule has 130 valence electrons. The molecule has 25 heavy (non-hydrogen) atoms. The lowest BCUT2D eigenvalue weighted by Crippen LogP contribution is -2.46. The second-order valence-corrected chi connectivity index (χ2v) is 5.53. The van der Waals surface area contributed by atoms with Gasteiger partial charge in [0.25, 0.3) is 5.91 Å². The van der Waals surface area contributed by atoms with E-state index >= 15 is 0 Å². The van der Waals surface area contributed by atoms with Crippen molar-refractivity contribution >= 4 is 18.1 Å². The number of aldehydes is 1. The molecule has 1 heterocycles. The zero-order valence-electron chi connectivity index (χ0n) is 13.9. The monoisotopic (exact) mass is 339 g/mol. The summed E-state index contributed by atoms with van der Waals surface area (Å²) in [6.45, 7) is 0.283. The first kappa shape index (κ1) is 18.3. The summed E-state index contributed by atoms with van der Waals surface area (Å²) in [6.07, 6.45) is 3.74. The van der Waals surface area contributed by atoms with Crippen molar-refractivity contribution in [2.75, 3.05) is 0 Å². The topological polar surface area (TPSA) is 88.2 Å². The second kappa shape index (κ2) is 9.97. The second-order valence-electron chi connectivity index (χ2n) is 5.53. The maximum atomic E-state index is 12.4. The van der Waals surface area contributed by atoms with E-state index < -0.39 is 6.04 Å². The van der Waals surface area contributed by atoms with Crippen molar-refractivity contribution in [3.05, 3.63) is 66.0 Å². The van der Waals surface area contributed by atoms with E-state index in [4.69, 9.17) is 0 Å². The van der Waals surface area contributed by atoms with E-state index in [1.54, 1.807) is 36.5 Å². The van der Waals surface area contributed by atoms with E-state index in [1.165, 1.54) is 0 Å². The van der Waals surface area contributed by atoms with Crippen molar-refractivity contribution in [2.45, 2.75) is 31.8 Å². The summed E-state index contributed by atoms with van der Waals surface area (Å²) >= 11 is 0. The predicted molar refractivity (Wildman–Crippen MR) is 93.7 cm³/mol. The van der Waals surface area contributed by atoms with Crippen LogP contribution in [0.4, 0.5) is 0 Å². The molecule has 0 spiro atoms. The molecule has 6 heteroatoms. The summed E-state index contributed by atoms with van der Waals surface area (Å²) in [4.78, 5) is 39.4. The van der Waals surface area contributed by atoms with E-state index in [0.29, 0.717) is 24.8 Å². The van der Waals surface area contributed by atoms with Crippen molar-refractivity contribution in [2.24, 2.45) is 0 Å². The largest absolute Gasteiger partial charge is 0.349 e. The molecule has 1 aromatic heterocycles. The van der Waals surface area contributed by atoms with E-state index in [0.717, 1.165) is 12.0 Å². The smallest absolute Gasteiger partial charge is 0.251 e. The van der Waals surface area contributed by atoms with Gasteiger partial charge in [0.05, 0.1) is 12.2 Å². The minimum atomic E-state index is -0.698. The van der Waals surface area contributed by atoms with Gasteiger partial charge in [0.1, 0.15) is 12.3 Å². The van der Waals surface area contributed by atoms with E-state index in [9.17, 15) is 14.4 Å². The van der Waals surface area contributed by atoms with Crippen molar-refractivity contribution < 1.29 is 14.4 Å². The lowest BCUT2D eigenvalue weighted by molar-refractivity contribution is -0.123. The number of hydrogen-bond acceptors (Lipinski definition) is 4. The summed E-state index contributed by atoms with van der Waals surface area (Å²) in [5, 5.41) is 5.52. The lowest BCUT2D eigenvalue weighted by atomic mass is 10.1. The van der Waals surface area contributed by atoms with Crippen LogP contribution in [-0.4, -0.2) is 29.1 Å². The van der Waals surface area contributed by atoms with Crippen LogP contribution in [0.1, 0.15) is 35.3 Å². The Balaban J connectivity index is 1.97. The van der Waals surface area contributed by atoms with Crippen LogP contribution in [0.5, 0.6) is 0 Å². The summed E-state index contributed by atoms with van der Waals surface area (Å²) in [5.41, 5.74) is 1.22. The third-order valence-electron chi connectivity index (χ3n) is 3.64. The Labute approximate surface area is 146 Å². The fourth-order valence-corrected chi connectivity index (χ4v) is 2.31. The molecule has 2 amide bonds. The maximum Gasteiger partial charge on any atom is 0.251 e. The predicted octanol–water partition coefficient (Wildman–Crippen LogP) is 1.87. The molecule has 2 rings (SSSR count). The minimum absolute atomic E-state index is 0.283. The van der Waals surface area contributed by atoms with Gasteiger partial charge in [0.15, 0.2) is 0 Å². The van der Waals surface area contributed by atoms with Crippen molar-refractivity contribution in [1.29, 1.82) is 0 Å². The Morgan fingerprint density at radius 2 is 1.84 bits per heavy atom. The molecule has 0 aliphatic carbocycles. The highest BCUT2D eigenvalue weighted by atomic mass is 16.2. The van der Waals surface area contributed by atoms with Crippen LogP contribution in [0.25, 0.3) is 0 Å². The molecular weight excluding hydrogens is 318 g/mol. The molecule has 1 atom stereocenters. The van der Waals surface area contributed by atoms with Crippen LogP contribution in [0.2, 0.25) is 0 Å². The summed E-state index contributed by atoms with van der Waals surface area (Å²) in [6, 6.07) is 13.5. The Morgan fingerprint density at radius 3 is 2.52 bits per heavy atom. The minimum Gasteiger partial charge on any atom is -0.349 e. The average molecular weight is 339 g/mol. The zero-order chi connectivity index (χ0) is 17.9. The van der Waals surface area contributed by atoms with Crippen LogP contribution in [0.3, 0.4) is 0 Å². The quantitative estimate of drug-likeness (QED) is 0.539. The molecule has 0 radical (unpaired) electrons. The fourth-order valence-electron chi connectivity index (χ4n) is 2.31. The summed E-state index contributed by atoms with van der Waals surface area (Å²) in [7, 11) is 0. The number of unbranched alkanes of at least 4 members (excludes halogenated alkanes) is 1. The molecule has 0 aliphatic rings. The van der Waals surface area contributed by atoms with Crippen molar-refractivity contribution in [3.63, 3.8) is 0 Å². The van der Waals surface area contributed by atoms with Gasteiger partial charge in [0.2, 0.25) is 5.91 Å². The number of benzene rings is 1. The zero-order valence-corrected chi connectivity index (χ0v) is 13.9. The number of nitrogens with zero attached hydrogens (tertiary/aromatic N) is 1. The highest BCUT2D eigenvalue weighted by Gasteiger charge is 2.20. The molecule has 0 saturated heterocycles. The van der Waals surface area contributed by atoms with Gasteiger partial charge < -0.3 is 15.4 Å². The van der Waals surface area contributed by atoms with Gasteiger partial charge in [-0.05, 0) is 37.1 Å². The lowest BCUT2D eigenvalue weighted by Gasteiger charge is -2.18. The van der Waals surface area contributed by atoms with Gasteiger partial charge in [-0.3, -0.25) is 14.6 Å². The Hall–Kier alpha value is -3.02. The Kier molecular flexibility index (Phi) is 7.31. The summed E-state index contributed by atoms with van der Waals surface area (Å²) in [5.74, 6) is -0.606. The van der Waals surface area contributed by atoms with Gasteiger partial charge in [-0.2, -0.15) is 0 Å². The van der Waals surface area contributed by atoms with Crippen molar-refractivity contribution in [3.8, 4) is 0 Å². The fraction of sp³-hybridized carbons (Fsp3) is 0.263. The van der Waals surface area contributed by atoms with Crippen LogP contribution < -0.4 is 10.6 Å². The number of hydrogen-bond donors (Lipinski definition) is 2. The highest BCUT2D eigenvalue weighted by Crippen LogP contribution is 2.05. The number of rotatable bonds is 9. The third-order valence-corrected chi connectivity index (χ3v) is 3.64. The number of carbonyl (C=O) groups excluding carboxylic acids is 3. The number of carbonyl (C=O) groups is 3. The molecule has 0 aliphatic heterocycles. The first-order valence-corrected chi connectivity index (χ1v) is 8.18. The SMILES string of the molecule is O=CCCC[C@H](NC(=O)c1ccccc1)C(=O)NCc1ccccn1. The summed E-state index contributed by atoms with van der Waals surface area (Å²) < 4.78 is 0. The third kappa shape index (κ3) is 6.18. The molecular formula is C19H21N3O3. The molecule has 0 saturated carbocycles. The number of pyridine rings is 1. The molecule has 0 unspecified atom stereocenters. The number of aromatic nitrogens is 1. The van der Waals surface area contributed by atoms with Crippen LogP contribution in [0.15, 0.2) is 54.7 Å². The van der Waals surface area contributed by atoms with Crippen LogP contribution in [-0.2, 0) is 16.1 Å². The molecule has 6 nitrogen and oxygen atoms in total. The van der Waals surface area contributed by atoms with E-state index in [1.807, 2.05) is 18.2 Å². The molecule has 2 N–H and O–H groups in total. The van der Waals surface area contributed by atoms with Gasteiger partial charge in [-0.15, -0.1) is 0 Å². The van der Waals surface area contributed by atoms with Gasteiger partial charge in [-0.25, -0.2) is 0 Å². The first-order valence-electron chi connectivity index (χ1n) is 8.18. The number of nitrogens with one attached hydrogen (secondary N) is 2. The van der Waals surface area contributed by atoms with Crippen molar-refractivity contribution in [1.82, 2.24) is 15.6 Å².